The molecule has 27 heavy (non-hydrogen) atoms. The fourth-order valence-corrected chi connectivity index (χ4v) is 3.21. The average Bonchev–Trinajstić information content (AvgIpc) is 3.15. The van der Waals surface area contributed by atoms with Crippen LogP contribution >= 0.6 is 11.8 Å². The number of methoxy groups -OCH3 is 1. The number of thioether (sulfide) groups is 1. The fraction of sp³-hybridized carbons (Fsp3) is 0.300. The first-order valence-electron chi connectivity index (χ1n) is 8.54. The second kappa shape index (κ2) is 8.92. The minimum Gasteiger partial charge on any atom is -0.497 e. The normalized spacial score (nSPS) is 12.0. The molecule has 0 aliphatic carbocycles. The van der Waals surface area contributed by atoms with Gasteiger partial charge in [-0.2, -0.15) is 0 Å². The largest absolute Gasteiger partial charge is 0.497 e. The Morgan fingerprint density at radius 2 is 1.78 bits per heavy atom. The number of hydrogen-bond acceptors (Lipinski definition) is 7. The van der Waals surface area contributed by atoms with Crippen LogP contribution in [0.15, 0.2) is 52.1 Å². The van der Waals surface area contributed by atoms with Gasteiger partial charge in [-0.15, -0.1) is 10.2 Å². The van der Waals surface area contributed by atoms with Gasteiger partial charge < -0.3 is 19.0 Å². The Hall–Kier alpha value is -2.51. The zero-order chi connectivity index (χ0) is 19.2. The Labute approximate surface area is 162 Å². The summed E-state index contributed by atoms with van der Waals surface area (Å²) >= 11 is 1.30. The van der Waals surface area contributed by atoms with Crippen molar-refractivity contribution in [3.05, 3.63) is 53.6 Å². The van der Waals surface area contributed by atoms with E-state index in [0.29, 0.717) is 16.9 Å². The highest BCUT2D eigenvalue weighted by molar-refractivity contribution is 7.99. The van der Waals surface area contributed by atoms with Crippen molar-refractivity contribution in [3.63, 3.8) is 0 Å². The lowest BCUT2D eigenvalue weighted by Gasteiger charge is -2.14. The van der Waals surface area contributed by atoms with Crippen LogP contribution in [0.5, 0.6) is 11.5 Å². The molecule has 0 saturated carbocycles. The van der Waals surface area contributed by atoms with Gasteiger partial charge in [0, 0.05) is 11.3 Å². The molecule has 1 heterocycles. The molecule has 1 atom stereocenters. The Bertz CT molecular complexity index is 860. The molecule has 0 aliphatic heterocycles. The summed E-state index contributed by atoms with van der Waals surface area (Å²) in [7, 11) is 1.62. The number of aliphatic hydroxyl groups is 1. The SMILES string of the molecule is COc1ccc(-c2nnc(SC[C@H](O)COc3c(C)cccc3C)o2)cc1. The van der Waals surface area contributed by atoms with E-state index in [1.54, 1.807) is 7.11 Å². The third-order valence-electron chi connectivity index (χ3n) is 3.97. The summed E-state index contributed by atoms with van der Waals surface area (Å²) in [4.78, 5) is 0. The second-order valence-corrected chi connectivity index (χ2v) is 7.07. The lowest BCUT2D eigenvalue weighted by Crippen LogP contribution is -2.20. The van der Waals surface area contributed by atoms with E-state index in [1.807, 2.05) is 56.3 Å². The van der Waals surface area contributed by atoms with Crippen LogP contribution < -0.4 is 9.47 Å². The predicted octanol–water partition coefficient (Wildman–Crippen LogP) is 3.89. The molecule has 3 aromatic rings. The summed E-state index contributed by atoms with van der Waals surface area (Å²) in [5.74, 6) is 2.41. The van der Waals surface area contributed by atoms with Gasteiger partial charge in [-0.3, -0.25) is 0 Å². The molecule has 0 amide bonds. The van der Waals surface area contributed by atoms with Gasteiger partial charge in [0.25, 0.3) is 5.22 Å². The van der Waals surface area contributed by atoms with Crippen molar-refractivity contribution in [1.29, 1.82) is 0 Å². The van der Waals surface area contributed by atoms with Crippen molar-refractivity contribution in [2.45, 2.75) is 25.2 Å². The van der Waals surface area contributed by atoms with E-state index in [0.717, 1.165) is 28.2 Å². The van der Waals surface area contributed by atoms with E-state index in [2.05, 4.69) is 10.2 Å². The van der Waals surface area contributed by atoms with Crippen LogP contribution in [-0.4, -0.2) is 40.9 Å². The Morgan fingerprint density at radius 3 is 2.44 bits per heavy atom. The number of nitrogens with zero attached hydrogens (tertiary/aromatic N) is 2. The van der Waals surface area contributed by atoms with Crippen molar-refractivity contribution < 1.29 is 19.0 Å². The van der Waals surface area contributed by atoms with Gasteiger partial charge in [-0.1, -0.05) is 30.0 Å². The van der Waals surface area contributed by atoms with E-state index in [1.165, 1.54) is 11.8 Å². The third kappa shape index (κ3) is 5.02. The van der Waals surface area contributed by atoms with E-state index < -0.39 is 6.10 Å². The molecular formula is C20H22N2O4S. The second-order valence-electron chi connectivity index (χ2n) is 6.10. The van der Waals surface area contributed by atoms with E-state index in [4.69, 9.17) is 13.9 Å². The number of aryl methyl sites for hydroxylation is 2. The van der Waals surface area contributed by atoms with Crippen molar-refractivity contribution in [3.8, 4) is 23.0 Å². The highest BCUT2D eigenvalue weighted by atomic mass is 32.2. The maximum absolute atomic E-state index is 10.2. The van der Waals surface area contributed by atoms with E-state index >= 15 is 0 Å². The van der Waals surface area contributed by atoms with Crippen LogP contribution in [0.3, 0.4) is 0 Å². The molecule has 0 spiro atoms. The maximum Gasteiger partial charge on any atom is 0.276 e. The van der Waals surface area contributed by atoms with Gasteiger partial charge >= 0.3 is 0 Å². The number of benzene rings is 2. The molecule has 1 N–H and O–H groups in total. The minimum atomic E-state index is -0.648. The van der Waals surface area contributed by atoms with Gasteiger partial charge in [0.15, 0.2) is 0 Å². The minimum absolute atomic E-state index is 0.207. The van der Waals surface area contributed by atoms with Crippen LogP contribution in [0.1, 0.15) is 11.1 Å². The fourth-order valence-electron chi connectivity index (χ4n) is 2.54. The Morgan fingerprint density at radius 1 is 1.07 bits per heavy atom. The maximum atomic E-state index is 10.2. The number of ether oxygens (including phenoxy) is 2. The predicted molar refractivity (Wildman–Crippen MR) is 104 cm³/mol. The number of hydrogen-bond donors (Lipinski definition) is 1. The Balaban J connectivity index is 1.52. The van der Waals surface area contributed by atoms with Crippen molar-refractivity contribution in [2.75, 3.05) is 19.5 Å². The van der Waals surface area contributed by atoms with Crippen LogP contribution in [0.25, 0.3) is 11.5 Å². The molecule has 3 rings (SSSR count). The number of rotatable bonds is 8. The third-order valence-corrected chi connectivity index (χ3v) is 4.93. The summed E-state index contributed by atoms with van der Waals surface area (Å²) in [6, 6.07) is 13.3. The van der Waals surface area contributed by atoms with Crippen molar-refractivity contribution in [2.24, 2.45) is 0 Å². The number of aromatic nitrogens is 2. The molecule has 0 bridgehead atoms. The first-order chi connectivity index (χ1) is 13.1. The highest BCUT2D eigenvalue weighted by Gasteiger charge is 2.13. The summed E-state index contributed by atoms with van der Waals surface area (Å²) in [5.41, 5.74) is 2.92. The molecule has 6 nitrogen and oxygen atoms in total. The molecule has 0 saturated heterocycles. The van der Waals surface area contributed by atoms with Gasteiger partial charge in [0.1, 0.15) is 18.1 Å². The molecule has 1 aromatic heterocycles. The summed E-state index contributed by atoms with van der Waals surface area (Å²) < 4.78 is 16.5. The monoisotopic (exact) mass is 386 g/mol. The zero-order valence-corrected chi connectivity index (χ0v) is 16.3. The van der Waals surface area contributed by atoms with Crippen molar-refractivity contribution in [1.82, 2.24) is 10.2 Å². The molecule has 0 radical (unpaired) electrons. The zero-order valence-electron chi connectivity index (χ0n) is 15.5. The van der Waals surface area contributed by atoms with Gasteiger partial charge in [-0.25, -0.2) is 0 Å². The topological polar surface area (TPSA) is 77.6 Å². The molecule has 2 aromatic carbocycles. The number of aliphatic hydroxyl groups excluding tert-OH is 1. The highest BCUT2D eigenvalue weighted by Crippen LogP contribution is 2.26. The molecule has 7 heteroatoms. The van der Waals surface area contributed by atoms with Crippen LogP contribution in [-0.2, 0) is 0 Å². The summed E-state index contributed by atoms with van der Waals surface area (Å²) in [6.45, 7) is 4.18. The van der Waals surface area contributed by atoms with Gasteiger partial charge in [0.05, 0.1) is 13.2 Å². The van der Waals surface area contributed by atoms with Gasteiger partial charge in [0.2, 0.25) is 5.89 Å². The lowest BCUT2D eigenvalue weighted by atomic mass is 10.1. The van der Waals surface area contributed by atoms with Crippen LogP contribution in [0.2, 0.25) is 0 Å². The van der Waals surface area contributed by atoms with E-state index in [9.17, 15) is 5.11 Å². The van der Waals surface area contributed by atoms with E-state index in [-0.39, 0.29) is 6.61 Å². The van der Waals surface area contributed by atoms with Crippen molar-refractivity contribution >= 4 is 11.8 Å². The first kappa shape index (κ1) is 19.3. The Kier molecular flexibility index (Phi) is 6.36. The number of para-hydroxylation sites is 1. The molecule has 0 unspecified atom stereocenters. The van der Waals surface area contributed by atoms with Crippen LogP contribution in [0.4, 0.5) is 0 Å². The summed E-state index contributed by atoms with van der Waals surface area (Å²) in [5, 5.41) is 18.7. The molecule has 0 fully saturated rings. The molecular weight excluding hydrogens is 364 g/mol. The quantitative estimate of drug-likeness (QED) is 0.588. The summed E-state index contributed by atoms with van der Waals surface area (Å²) in [6.07, 6.45) is -0.648. The standard InChI is InChI=1S/C20H22N2O4S/c1-13-5-4-6-14(2)18(13)25-11-16(23)12-27-20-22-21-19(26-20)15-7-9-17(24-3)10-8-15/h4-10,16,23H,11-12H2,1-3H3/t16-/m1/s1. The van der Waals surface area contributed by atoms with Crippen LogP contribution in [0, 0.1) is 13.8 Å². The first-order valence-corrected chi connectivity index (χ1v) is 9.53. The van der Waals surface area contributed by atoms with Gasteiger partial charge in [-0.05, 0) is 49.2 Å². The lowest BCUT2D eigenvalue weighted by molar-refractivity contribution is 0.125. The molecule has 142 valence electrons. The smallest absolute Gasteiger partial charge is 0.276 e. The molecule has 0 aliphatic rings. The average molecular weight is 386 g/mol.